The Bertz CT molecular complexity index is 2990. The molecule has 5 heteroatoms. The lowest BCUT2D eigenvalue weighted by Crippen LogP contribution is -2.17. The number of phenolic OH excluding ortho intramolecular Hbond substituents is 1. The SMILES string of the molecule is Cn1c(-c2cc(C(C)(C)C)cc(C(C)(C)C)c2O)nc2c(-c3cc(-c4ccccc4)cc(-c4cc(-c5ccccc5)ccn4)c3)cc(N(c3ccccc3)c3ccccc3)cc21. The summed E-state index contributed by atoms with van der Waals surface area (Å²) in [6.45, 7) is 13.1. The van der Waals surface area contributed by atoms with E-state index < -0.39 is 0 Å². The van der Waals surface area contributed by atoms with E-state index in [1.807, 2.05) is 12.3 Å². The van der Waals surface area contributed by atoms with Crippen LogP contribution in [0.5, 0.6) is 5.75 Å². The summed E-state index contributed by atoms with van der Waals surface area (Å²) in [5.74, 6) is 0.966. The number of anilines is 3. The molecule has 306 valence electrons. The van der Waals surface area contributed by atoms with Gasteiger partial charge < -0.3 is 14.6 Å². The summed E-state index contributed by atoms with van der Waals surface area (Å²) in [5, 5.41) is 12.2. The second kappa shape index (κ2) is 16.0. The number of hydrogen-bond donors (Lipinski definition) is 1. The third-order valence-corrected chi connectivity index (χ3v) is 11.8. The maximum Gasteiger partial charge on any atom is 0.144 e. The zero-order chi connectivity index (χ0) is 43.2. The van der Waals surface area contributed by atoms with Crippen molar-refractivity contribution in [3.63, 3.8) is 0 Å². The predicted molar refractivity (Wildman–Crippen MR) is 259 cm³/mol. The molecule has 0 atom stereocenters. The van der Waals surface area contributed by atoms with Gasteiger partial charge in [0.25, 0.3) is 0 Å². The summed E-state index contributed by atoms with van der Waals surface area (Å²) in [5.41, 5.74) is 15.5. The second-order valence-electron chi connectivity index (χ2n) is 18.2. The molecule has 2 heterocycles. The molecule has 0 saturated heterocycles. The topological polar surface area (TPSA) is 54.2 Å². The highest BCUT2D eigenvalue weighted by molar-refractivity contribution is 6.00. The Balaban J connectivity index is 1.36. The highest BCUT2D eigenvalue weighted by Crippen LogP contribution is 2.46. The van der Waals surface area contributed by atoms with Crippen molar-refractivity contribution in [1.82, 2.24) is 14.5 Å². The minimum absolute atomic E-state index is 0.155. The van der Waals surface area contributed by atoms with Crippen molar-refractivity contribution in [2.45, 2.75) is 52.4 Å². The number of nitrogens with zero attached hydrogens (tertiary/aromatic N) is 4. The maximum absolute atomic E-state index is 12.2. The molecule has 2 aromatic heterocycles. The molecule has 9 aromatic rings. The third-order valence-electron chi connectivity index (χ3n) is 11.8. The first kappa shape index (κ1) is 40.2. The Labute approximate surface area is 365 Å². The molecular weight excluding hydrogens is 757 g/mol. The third kappa shape index (κ3) is 7.78. The van der Waals surface area contributed by atoms with E-state index in [2.05, 4.69) is 228 Å². The van der Waals surface area contributed by atoms with Crippen LogP contribution in [-0.2, 0) is 17.9 Å². The Morgan fingerprint density at radius 3 is 1.61 bits per heavy atom. The van der Waals surface area contributed by atoms with Crippen molar-refractivity contribution < 1.29 is 5.11 Å². The van der Waals surface area contributed by atoms with Gasteiger partial charge in [0.2, 0.25) is 0 Å². The van der Waals surface area contributed by atoms with Crippen LogP contribution in [0.1, 0.15) is 52.7 Å². The average Bonchev–Trinajstić information content (AvgIpc) is 3.62. The van der Waals surface area contributed by atoms with E-state index in [1.54, 1.807) is 0 Å². The number of aryl methyl sites for hydroxylation is 1. The first-order valence-electron chi connectivity index (χ1n) is 21.4. The van der Waals surface area contributed by atoms with Crippen LogP contribution in [0.15, 0.2) is 182 Å². The lowest BCUT2D eigenvalue weighted by molar-refractivity contribution is 0.446. The van der Waals surface area contributed by atoms with Crippen molar-refractivity contribution in [2.75, 3.05) is 4.90 Å². The van der Waals surface area contributed by atoms with E-state index >= 15 is 0 Å². The van der Waals surface area contributed by atoms with E-state index in [0.29, 0.717) is 5.82 Å². The van der Waals surface area contributed by atoms with Crippen LogP contribution in [-0.4, -0.2) is 19.6 Å². The number of phenols is 1. The van der Waals surface area contributed by atoms with Gasteiger partial charge in [-0.05, 0) is 117 Å². The number of aromatic nitrogens is 3. The van der Waals surface area contributed by atoms with Crippen LogP contribution >= 0.6 is 0 Å². The van der Waals surface area contributed by atoms with E-state index in [9.17, 15) is 5.11 Å². The molecule has 0 bridgehead atoms. The molecule has 0 spiro atoms. The molecule has 0 unspecified atom stereocenters. The average molecular weight is 809 g/mol. The van der Waals surface area contributed by atoms with Gasteiger partial charge in [0.15, 0.2) is 0 Å². The molecule has 0 aliphatic carbocycles. The number of imidazole rings is 1. The number of aromatic hydroxyl groups is 1. The van der Waals surface area contributed by atoms with Crippen LogP contribution in [0.2, 0.25) is 0 Å². The number of benzene rings is 7. The van der Waals surface area contributed by atoms with Crippen molar-refractivity contribution in [2.24, 2.45) is 7.05 Å². The van der Waals surface area contributed by atoms with Crippen molar-refractivity contribution in [3.8, 4) is 61.8 Å². The first-order chi connectivity index (χ1) is 29.8. The summed E-state index contributed by atoms with van der Waals surface area (Å²) in [6, 6.07) is 61.8. The molecule has 0 aliphatic rings. The highest BCUT2D eigenvalue weighted by Gasteiger charge is 2.28. The number of para-hydroxylation sites is 2. The van der Waals surface area contributed by atoms with Gasteiger partial charge in [0.1, 0.15) is 11.6 Å². The van der Waals surface area contributed by atoms with E-state index in [-0.39, 0.29) is 16.6 Å². The molecule has 1 N–H and O–H groups in total. The van der Waals surface area contributed by atoms with Crippen LogP contribution in [0.3, 0.4) is 0 Å². The molecule has 62 heavy (non-hydrogen) atoms. The Morgan fingerprint density at radius 1 is 0.484 bits per heavy atom. The van der Waals surface area contributed by atoms with Crippen LogP contribution < -0.4 is 4.90 Å². The molecule has 0 saturated carbocycles. The standard InChI is InChI=1S/C57H52N4O/c1-56(2,3)44-34-49(54(62)50(35-44)57(4,5)6)55-59-53-48(36-47(37-52(53)60(55)7)61(45-24-16-10-17-25-45)46-26-18-11-19-27-46)42-30-41(39-22-14-9-15-23-39)31-43(32-42)51-33-40(28-29-58-51)38-20-12-8-13-21-38/h8-37,62H,1-7H3. The van der Waals surface area contributed by atoms with Gasteiger partial charge in [0.05, 0.1) is 22.3 Å². The molecular formula is C57H52N4O. The van der Waals surface area contributed by atoms with Gasteiger partial charge >= 0.3 is 0 Å². The molecule has 0 radical (unpaired) electrons. The minimum atomic E-state index is -0.297. The van der Waals surface area contributed by atoms with Gasteiger partial charge in [-0.2, -0.15) is 0 Å². The molecule has 9 rings (SSSR count). The molecule has 0 fully saturated rings. The Morgan fingerprint density at radius 2 is 1.03 bits per heavy atom. The lowest BCUT2D eigenvalue weighted by atomic mass is 9.79. The van der Waals surface area contributed by atoms with Crippen molar-refractivity contribution in [1.29, 1.82) is 0 Å². The molecule has 5 nitrogen and oxygen atoms in total. The highest BCUT2D eigenvalue weighted by atomic mass is 16.3. The zero-order valence-corrected chi connectivity index (χ0v) is 36.6. The van der Waals surface area contributed by atoms with Crippen molar-refractivity contribution >= 4 is 28.1 Å². The molecule has 0 aliphatic heterocycles. The van der Waals surface area contributed by atoms with Crippen LogP contribution in [0, 0.1) is 0 Å². The fraction of sp³-hybridized carbons (Fsp3) is 0.158. The second-order valence-corrected chi connectivity index (χ2v) is 18.2. The summed E-state index contributed by atoms with van der Waals surface area (Å²) < 4.78 is 2.15. The zero-order valence-electron chi connectivity index (χ0n) is 36.6. The fourth-order valence-corrected chi connectivity index (χ4v) is 8.40. The largest absolute Gasteiger partial charge is 0.507 e. The quantitative estimate of drug-likeness (QED) is 0.166. The van der Waals surface area contributed by atoms with E-state index in [0.717, 1.165) is 89.4 Å². The summed E-state index contributed by atoms with van der Waals surface area (Å²) in [7, 11) is 2.07. The van der Waals surface area contributed by atoms with Gasteiger partial charge in [-0.25, -0.2) is 4.98 Å². The van der Waals surface area contributed by atoms with Crippen molar-refractivity contribution in [3.05, 3.63) is 193 Å². The van der Waals surface area contributed by atoms with Crippen LogP contribution in [0.4, 0.5) is 17.1 Å². The smallest absolute Gasteiger partial charge is 0.144 e. The Kier molecular flexibility index (Phi) is 10.4. The van der Waals surface area contributed by atoms with Gasteiger partial charge in [-0.15, -0.1) is 0 Å². The van der Waals surface area contributed by atoms with E-state index in [4.69, 9.17) is 9.97 Å². The monoisotopic (exact) mass is 808 g/mol. The fourth-order valence-electron chi connectivity index (χ4n) is 8.40. The number of fused-ring (bicyclic) bond motifs is 1. The maximum atomic E-state index is 12.2. The molecule has 0 amide bonds. The normalized spacial score (nSPS) is 11.9. The van der Waals surface area contributed by atoms with Gasteiger partial charge in [0, 0.05) is 47.0 Å². The number of rotatable bonds is 8. The van der Waals surface area contributed by atoms with E-state index in [1.165, 1.54) is 0 Å². The van der Waals surface area contributed by atoms with Gasteiger partial charge in [-0.3, -0.25) is 4.98 Å². The number of pyridine rings is 1. The summed E-state index contributed by atoms with van der Waals surface area (Å²) in [6.07, 6.45) is 1.90. The summed E-state index contributed by atoms with van der Waals surface area (Å²) >= 11 is 0. The molecule has 7 aromatic carbocycles. The summed E-state index contributed by atoms with van der Waals surface area (Å²) in [4.78, 5) is 12.8. The lowest BCUT2D eigenvalue weighted by Gasteiger charge is -2.27. The predicted octanol–water partition coefficient (Wildman–Crippen LogP) is 15.1. The number of hydrogen-bond acceptors (Lipinski definition) is 4. The van der Waals surface area contributed by atoms with Gasteiger partial charge in [-0.1, -0.05) is 145 Å². The first-order valence-corrected chi connectivity index (χ1v) is 21.4. The Hall–Kier alpha value is -7.24. The van der Waals surface area contributed by atoms with Crippen LogP contribution in [0.25, 0.3) is 67.1 Å². The minimum Gasteiger partial charge on any atom is -0.507 e.